The number of benzene rings is 3. The van der Waals surface area contributed by atoms with Crippen LogP contribution in [0.4, 0.5) is 10.1 Å². The van der Waals surface area contributed by atoms with Crippen LogP contribution in [0.3, 0.4) is 0 Å². The maximum Gasteiger partial charge on any atom is 0.295 e. The molecule has 5 rings (SSSR count). The lowest BCUT2D eigenvalue weighted by Gasteiger charge is -2.25. The second kappa shape index (κ2) is 9.55. The molecule has 0 saturated carbocycles. The van der Waals surface area contributed by atoms with E-state index in [9.17, 15) is 14.0 Å². The van der Waals surface area contributed by atoms with Gasteiger partial charge in [-0.05, 0) is 60.5 Å². The van der Waals surface area contributed by atoms with Crippen LogP contribution in [-0.2, 0) is 0 Å². The Morgan fingerprint density at radius 1 is 1.03 bits per heavy atom. The van der Waals surface area contributed by atoms with Gasteiger partial charge in [-0.2, -0.15) is 0 Å². The van der Waals surface area contributed by atoms with Crippen molar-refractivity contribution in [1.29, 1.82) is 0 Å². The molecule has 7 heteroatoms. The number of carbonyl (C=O) groups is 1. The van der Waals surface area contributed by atoms with Gasteiger partial charge in [-0.25, -0.2) is 4.39 Å². The van der Waals surface area contributed by atoms with Crippen molar-refractivity contribution in [3.05, 3.63) is 105 Å². The van der Waals surface area contributed by atoms with Crippen LogP contribution in [0.15, 0.2) is 75.9 Å². The number of halogens is 2. The van der Waals surface area contributed by atoms with E-state index in [4.69, 9.17) is 20.8 Å². The van der Waals surface area contributed by atoms with E-state index in [1.54, 1.807) is 24.3 Å². The molecule has 35 heavy (non-hydrogen) atoms. The van der Waals surface area contributed by atoms with Gasteiger partial charge in [-0.15, -0.1) is 0 Å². The predicted molar refractivity (Wildman–Crippen MR) is 134 cm³/mol. The second-order valence-corrected chi connectivity index (χ2v) is 8.94. The molecule has 5 nitrogen and oxygen atoms in total. The smallest absolute Gasteiger partial charge is 0.295 e. The molecule has 178 valence electrons. The molecule has 0 aliphatic carbocycles. The van der Waals surface area contributed by atoms with Gasteiger partial charge in [0.25, 0.3) is 5.91 Å². The topological polar surface area (TPSA) is 59.8 Å². The summed E-state index contributed by atoms with van der Waals surface area (Å²) in [6.45, 7) is 2.70. The summed E-state index contributed by atoms with van der Waals surface area (Å²) in [4.78, 5) is 28.7. The number of amides is 1. The molecule has 0 fully saturated rings. The molecule has 0 N–H and O–H groups in total. The van der Waals surface area contributed by atoms with E-state index >= 15 is 0 Å². The summed E-state index contributed by atoms with van der Waals surface area (Å²) in [5.41, 5.74) is 1.06. The Morgan fingerprint density at radius 2 is 1.86 bits per heavy atom. The first kappa shape index (κ1) is 23.1. The highest BCUT2D eigenvalue weighted by Crippen LogP contribution is 2.42. The predicted octanol–water partition coefficient (Wildman–Crippen LogP) is 6.90. The van der Waals surface area contributed by atoms with Crippen LogP contribution >= 0.6 is 11.6 Å². The normalized spacial score (nSPS) is 15.0. The maximum absolute atomic E-state index is 14.0. The molecule has 0 radical (unpaired) electrons. The van der Waals surface area contributed by atoms with E-state index in [0.717, 1.165) is 25.3 Å². The highest BCUT2D eigenvalue weighted by Gasteiger charge is 2.43. The lowest BCUT2D eigenvalue weighted by atomic mass is 9.98. The minimum atomic E-state index is -0.793. The van der Waals surface area contributed by atoms with Gasteiger partial charge in [0.1, 0.15) is 17.1 Å². The second-order valence-electron chi connectivity index (χ2n) is 8.50. The average Bonchev–Trinajstić information content (AvgIpc) is 3.15. The van der Waals surface area contributed by atoms with Gasteiger partial charge >= 0.3 is 0 Å². The van der Waals surface area contributed by atoms with Gasteiger partial charge in [0.05, 0.1) is 23.6 Å². The number of carbonyl (C=O) groups excluding carboxylic acids is 1. The van der Waals surface area contributed by atoms with E-state index in [-0.39, 0.29) is 22.3 Å². The van der Waals surface area contributed by atoms with Crippen molar-refractivity contribution in [1.82, 2.24) is 0 Å². The molecule has 1 unspecified atom stereocenters. The highest BCUT2D eigenvalue weighted by atomic mass is 35.5. The Bertz CT molecular complexity index is 1480. The zero-order valence-corrected chi connectivity index (χ0v) is 19.8. The first-order valence-electron chi connectivity index (χ1n) is 11.6. The molecule has 0 bridgehead atoms. The third kappa shape index (κ3) is 4.30. The van der Waals surface area contributed by atoms with Crippen molar-refractivity contribution in [2.75, 3.05) is 11.5 Å². The minimum absolute atomic E-state index is 0.0617. The molecule has 1 atom stereocenters. The molecule has 1 aliphatic rings. The fraction of sp³-hybridized carbons (Fsp3) is 0.214. The lowest BCUT2D eigenvalue weighted by molar-refractivity contribution is 0.0971. The largest absolute Gasteiger partial charge is 0.494 e. The molecular weight excluding hydrogens is 469 g/mol. The lowest BCUT2D eigenvalue weighted by Crippen LogP contribution is -2.29. The van der Waals surface area contributed by atoms with Gasteiger partial charge in [-0.3, -0.25) is 14.5 Å². The molecule has 0 saturated heterocycles. The van der Waals surface area contributed by atoms with Crippen molar-refractivity contribution in [3.8, 4) is 5.75 Å². The molecule has 4 aromatic rings. The Morgan fingerprint density at radius 3 is 2.66 bits per heavy atom. The number of nitrogens with zero attached hydrogens (tertiary/aromatic N) is 1. The van der Waals surface area contributed by atoms with Crippen LogP contribution in [0, 0.1) is 5.82 Å². The average molecular weight is 492 g/mol. The summed E-state index contributed by atoms with van der Waals surface area (Å²) in [6.07, 6.45) is 3.09. The fourth-order valence-corrected chi connectivity index (χ4v) is 4.65. The van der Waals surface area contributed by atoms with Crippen LogP contribution < -0.4 is 15.1 Å². The van der Waals surface area contributed by atoms with Crippen LogP contribution in [0.5, 0.6) is 5.75 Å². The van der Waals surface area contributed by atoms with Gasteiger partial charge in [0.2, 0.25) is 5.76 Å². The number of hydrogen-bond acceptors (Lipinski definition) is 4. The van der Waals surface area contributed by atoms with E-state index < -0.39 is 23.2 Å². The standard InChI is InChI=1S/C28H23ClFNO4/c1-2-3-4-13-34-21-10-5-7-17(14-21)25-24-26(32)22-16-19(30)11-12-23(22)35-27(24)28(33)31(25)20-9-6-8-18(29)15-20/h5-12,14-16,25H,2-4,13H2,1H3. The van der Waals surface area contributed by atoms with Crippen LogP contribution in [0.1, 0.15) is 53.9 Å². The van der Waals surface area contributed by atoms with E-state index in [0.29, 0.717) is 28.6 Å². The molecule has 1 amide bonds. The van der Waals surface area contributed by atoms with Crippen LogP contribution in [0.2, 0.25) is 5.02 Å². The number of rotatable bonds is 7. The van der Waals surface area contributed by atoms with Crippen LogP contribution in [-0.4, -0.2) is 12.5 Å². The fourth-order valence-electron chi connectivity index (χ4n) is 4.47. The highest BCUT2D eigenvalue weighted by molar-refractivity contribution is 6.31. The summed E-state index contributed by atoms with van der Waals surface area (Å²) in [6, 6.07) is 17.1. The van der Waals surface area contributed by atoms with Gasteiger partial charge in [-0.1, -0.05) is 49.6 Å². The summed E-state index contributed by atoms with van der Waals surface area (Å²) < 4.78 is 25.8. The molecular formula is C28H23ClFNO4. The SMILES string of the molecule is CCCCCOc1cccc(C2c3c(oc4ccc(F)cc4c3=O)C(=O)N2c2cccc(Cl)c2)c1. The number of unbranched alkanes of at least 4 members (excludes halogenated alkanes) is 2. The molecule has 1 aromatic heterocycles. The molecule has 0 spiro atoms. The first-order valence-corrected chi connectivity index (χ1v) is 11.9. The summed E-state index contributed by atoms with van der Waals surface area (Å²) in [5, 5.41) is 0.533. The van der Waals surface area contributed by atoms with Crippen molar-refractivity contribution < 1.29 is 18.3 Å². The summed E-state index contributed by atoms with van der Waals surface area (Å²) in [7, 11) is 0. The minimum Gasteiger partial charge on any atom is -0.494 e. The number of anilines is 1. The zero-order valence-electron chi connectivity index (χ0n) is 19.1. The Kier molecular flexibility index (Phi) is 6.31. The van der Waals surface area contributed by atoms with E-state index in [2.05, 4.69) is 6.92 Å². The number of hydrogen-bond donors (Lipinski definition) is 0. The Hall–Kier alpha value is -3.64. The first-order chi connectivity index (χ1) is 17.0. The number of ether oxygens (including phenoxy) is 1. The third-order valence-corrected chi connectivity index (χ3v) is 6.34. The maximum atomic E-state index is 14.0. The monoisotopic (exact) mass is 491 g/mol. The zero-order chi connectivity index (χ0) is 24.5. The molecule has 3 aromatic carbocycles. The van der Waals surface area contributed by atoms with Gasteiger partial charge in [0.15, 0.2) is 5.43 Å². The van der Waals surface area contributed by atoms with Crippen molar-refractivity contribution in [2.45, 2.75) is 32.2 Å². The molecule has 2 heterocycles. The number of fused-ring (bicyclic) bond motifs is 2. The van der Waals surface area contributed by atoms with Gasteiger partial charge in [0, 0.05) is 10.7 Å². The summed E-state index contributed by atoms with van der Waals surface area (Å²) in [5.74, 6) is -0.445. The van der Waals surface area contributed by atoms with Gasteiger partial charge < -0.3 is 9.15 Å². The quantitative estimate of drug-likeness (QED) is 0.264. The van der Waals surface area contributed by atoms with Crippen molar-refractivity contribution in [2.24, 2.45) is 0 Å². The van der Waals surface area contributed by atoms with E-state index in [1.165, 1.54) is 17.0 Å². The third-order valence-electron chi connectivity index (χ3n) is 6.11. The van der Waals surface area contributed by atoms with Crippen molar-refractivity contribution in [3.63, 3.8) is 0 Å². The van der Waals surface area contributed by atoms with Crippen LogP contribution in [0.25, 0.3) is 11.0 Å². The Labute approximate surface area is 206 Å². The summed E-state index contributed by atoms with van der Waals surface area (Å²) >= 11 is 6.23. The Balaban J connectivity index is 1.68. The van der Waals surface area contributed by atoms with Crippen molar-refractivity contribution >= 4 is 34.2 Å². The van der Waals surface area contributed by atoms with E-state index in [1.807, 2.05) is 24.3 Å². The molecule has 1 aliphatic heterocycles.